The lowest BCUT2D eigenvalue weighted by atomic mass is 10.0. The lowest BCUT2D eigenvalue weighted by Gasteiger charge is -2.32. The Morgan fingerprint density at radius 1 is 0.667 bits per heavy atom. The van der Waals surface area contributed by atoms with E-state index in [0.717, 1.165) is 0 Å². The Labute approximate surface area is 335 Å². The Balaban J connectivity index is 1.06. The number of anilines is 2. The molecule has 4 N–H and O–H groups in total. The summed E-state index contributed by atoms with van der Waals surface area (Å²) in [5, 5.41) is 6.01. The molecule has 2 aromatic heterocycles. The molecule has 0 fully saturated rings. The van der Waals surface area contributed by atoms with E-state index in [2.05, 4.69) is 10.6 Å². The lowest BCUT2D eigenvalue weighted by Crippen LogP contribution is -2.53. The molecular weight excluding hydrogens is 821 g/mol. The summed E-state index contributed by atoms with van der Waals surface area (Å²) in [6, 6.07) is 13.9. The zero-order valence-corrected chi connectivity index (χ0v) is 33.4. The first-order valence-electron chi connectivity index (χ1n) is 17.5. The van der Waals surface area contributed by atoms with Crippen molar-refractivity contribution in [3.63, 3.8) is 0 Å². The van der Waals surface area contributed by atoms with E-state index in [-0.39, 0.29) is 42.1 Å². The Hall–Kier alpha value is -4.80. The maximum Gasteiger partial charge on any atom is 0.288 e. The summed E-state index contributed by atoms with van der Waals surface area (Å²) >= 11 is 2.73. The molecule has 0 saturated heterocycles. The van der Waals surface area contributed by atoms with E-state index in [4.69, 9.17) is 18.9 Å². The summed E-state index contributed by atoms with van der Waals surface area (Å²) < 4.78 is 96.6. The molecular formula is C37H36N4O12S4. The third kappa shape index (κ3) is 7.20. The van der Waals surface area contributed by atoms with Crippen molar-refractivity contribution in [1.82, 2.24) is 9.80 Å². The van der Waals surface area contributed by atoms with Crippen molar-refractivity contribution < 1.29 is 54.5 Å². The molecule has 2 aromatic carbocycles. The van der Waals surface area contributed by atoms with Crippen LogP contribution in [0.1, 0.15) is 36.9 Å². The molecule has 6 heterocycles. The second-order valence-electron chi connectivity index (χ2n) is 13.4. The van der Waals surface area contributed by atoms with Gasteiger partial charge in [-0.15, -0.1) is 22.7 Å². The van der Waals surface area contributed by atoms with Gasteiger partial charge in [-0.25, -0.2) is 0 Å². The quantitative estimate of drug-likeness (QED) is 0.113. The second-order valence-corrected chi connectivity index (χ2v) is 18.4. The number of benzene rings is 2. The number of fused-ring (bicyclic) bond motifs is 4. The van der Waals surface area contributed by atoms with Crippen LogP contribution in [0.4, 0.5) is 11.4 Å². The van der Waals surface area contributed by atoms with E-state index in [9.17, 15) is 35.5 Å². The molecule has 0 bridgehead atoms. The minimum absolute atomic E-state index is 0.0336. The highest BCUT2D eigenvalue weighted by atomic mass is 32.2. The Bertz CT molecular complexity index is 2320. The summed E-state index contributed by atoms with van der Waals surface area (Å²) in [6.07, 6.45) is 1.20. The first kappa shape index (κ1) is 39.0. The number of ether oxygens (including phenoxy) is 4. The molecule has 0 saturated carbocycles. The molecule has 4 aliphatic rings. The van der Waals surface area contributed by atoms with Gasteiger partial charge in [-0.1, -0.05) is 12.1 Å². The molecule has 300 valence electrons. The fraction of sp³-hybridized carbons (Fsp3) is 0.297. The van der Waals surface area contributed by atoms with Crippen LogP contribution in [0.5, 0.6) is 11.5 Å². The normalized spacial score (nSPS) is 24.2. The maximum atomic E-state index is 14.1. The van der Waals surface area contributed by atoms with Crippen molar-refractivity contribution in [3.8, 4) is 11.5 Å². The van der Waals surface area contributed by atoms with Crippen LogP contribution in [0.15, 0.2) is 83.8 Å². The van der Waals surface area contributed by atoms with Gasteiger partial charge in [-0.2, -0.15) is 16.8 Å². The van der Waals surface area contributed by atoms with Crippen molar-refractivity contribution in [2.24, 2.45) is 0 Å². The van der Waals surface area contributed by atoms with Crippen LogP contribution in [0.3, 0.4) is 0 Å². The molecule has 16 nitrogen and oxygen atoms in total. The smallest absolute Gasteiger partial charge is 0.288 e. The number of carbonyl (C=O) groups excluding carboxylic acids is 2. The molecule has 0 aliphatic carbocycles. The molecule has 6 atom stereocenters. The van der Waals surface area contributed by atoms with Crippen LogP contribution >= 0.6 is 22.7 Å². The summed E-state index contributed by atoms with van der Waals surface area (Å²) in [6.45, 7) is -0.0671. The van der Waals surface area contributed by atoms with Gasteiger partial charge in [-0.3, -0.25) is 18.7 Å². The predicted molar refractivity (Wildman–Crippen MR) is 213 cm³/mol. The molecule has 8 rings (SSSR count). The Morgan fingerprint density at radius 2 is 1.09 bits per heavy atom. The van der Waals surface area contributed by atoms with Crippen LogP contribution in [-0.2, 0) is 29.7 Å². The average molecular weight is 857 g/mol. The molecule has 4 unspecified atom stereocenters. The number of methoxy groups -OCH3 is 2. The summed E-state index contributed by atoms with van der Waals surface area (Å²) in [7, 11) is -6.79. The van der Waals surface area contributed by atoms with E-state index in [1.54, 1.807) is 36.7 Å². The van der Waals surface area contributed by atoms with E-state index in [0.29, 0.717) is 32.4 Å². The third-order valence-electron chi connectivity index (χ3n) is 10.2. The Morgan fingerprint density at radius 3 is 1.44 bits per heavy atom. The minimum Gasteiger partial charge on any atom is -0.497 e. The van der Waals surface area contributed by atoms with Crippen LogP contribution in [0.2, 0.25) is 0 Å². The standard InChI is InChI=1S/C37H36N4O12S4/c1-50-20-8-10-26-22(16-20)36(42)40-18-24(28-6-3-14-54-28)32(30(40)34(38-26)56(44,45)46)52-12-5-13-53-33-25(29-7-4-15-55-29)19-41-31(33)35(57(47,48)49)39-27-11-9-21(51-2)17-23(27)37(41)43/h3-4,6-11,14-19,30-35,38-39H,5,12-13H2,1-2H3,(H,44,45,46)(H,47,48,49)/t30-,31-,32?,33?,34?,35?/m0/s1. The molecule has 20 heteroatoms. The van der Waals surface area contributed by atoms with Crippen LogP contribution in [0, 0.1) is 0 Å². The van der Waals surface area contributed by atoms with E-state index >= 15 is 0 Å². The van der Waals surface area contributed by atoms with Crippen molar-refractivity contribution >= 4 is 77.2 Å². The van der Waals surface area contributed by atoms with Gasteiger partial charge in [0.15, 0.2) is 10.7 Å². The zero-order chi connectivity index (χ0) is 40.2. The average Bonchev–Trinajstić information content (AvgIpc) is 4.00. The molecule has 4 aromatic rings. The topological polar surface area (TPSA) is 210 Å². The van der Waals surface area contributed by atoms with Gasteiger partial charge in [0, 0.05) is 57.9 Å². The number of carbonyl (C=O) groups is 2. The van der Waals surface area contributed by atoms with Crippen LogP contribution in [0.25, 0.3) is 11.1 Å². The highest BCUT2D eigenvalue weighted by Gasteiger charge is 2.53. The number of amides is 2. The van der Waals surface area contributed by atoms with Crippen molar-refractivity contribution in [2.75, 3.05) is 38.1 Å². The third-order valence-corrected chi connectivity index (χ3v) is 14.1. The lowest BCUT2D eigenvalue weighted by molar-refractivity contribution is 0.0110. The molecule has 2 amide bonds. The van der Waals surface area contributed by atoms with Crippen LogP contribution < -0.4 is 20.1 Å². The number of nitrogens with one attached hydrogen (secondary N) is 2. The van der Waals surface area contributed by atoms with Crippen molar-refractivity contribution in [3.05, 3.63) is 105 Å². The molecule has 57 heavy (non-hydrogen) atoms. The second kappa shape index (κ2) is 15.2. The van der Waals surface area contributed by atoms with Crippen molar-refractivity contribution in [2.45, 2.75) is 41.5 Å². The summed E-state index contributed by atoms with van der Waals surface area (Å²) in [5.74, 6) is -0.316. The highest BCUT2D eigenvalue weighted by Crippen LogP contribution is 2.43. The van der Waals surface area contributed by atoms with E-state index in [1.165, 1.54) is 71.0 Å². The van der Waals surface area contributed by atoms with Gasteiger partial charge in [0.1, 0.15) is 35.8 Å². The Kier molecular flexibility index (Phi) is 10.4. The molecule has 0 radical (unpaired) electrons. The van der Waals surface area contributed by atoms with Gasteiger partial charge in [0.25, 0.3) is 32.1 Å². The fourth-order valence-corrected chi connectivity index (χ4v) is 10.9. The monoisotopic (exact) mass is 856 g/mol. The summed E-state index contributed by atoms with van der Waals surface area (Å²) in [4.78, 5) is 32.1. The fourth-order valence-electron chi connectivity index (χ4n) is 7.59. The number of hydrogen-bond donors (Lipinski definition) is 4. The van der Waals surface area contributed by atoms with E-state index in [1.807, 2.05) is 22.9 Å². The first-order valence-corrected chi connectivity index (χ1v) is 22.3. The largest absolute Gasteiger partial charge is 0.497 e. The SMILES string of the molecule is COc1ccc2c(c1)C(=O)N1C=C(c3cccs3)C(OCCCOC3C(c4cccs4)=CN4C(=O)c5cc(OC)ccc5NC(S(=O)(=O)O)[C@H]34)[C@H]1C(S(=O)(=O)O)N2. The summed E-state index contributed by atoms with van der Waals surface area (Å²) in [5.41, 5.74) is 1.70. The highest BCUT2D eigenvalue weighted by molar-refractivity contribution is 7.86. The van der Waals surface area contributed by atoms with Gasteiger partial charge < -0.3 is 39.4 Å². The number of rotatable bonds is 12. The predicted octanol–water partition coefficient (Wildman–Crippen LogP) is 4.70. The number of nitrogens with zero attached hydrogens (tertiary/aromatic N) is 2. The van der Waals surface area contributed by atoms with E-state index < -0.39 is 67.1 Å². The first-order chi connectivity index (χ1) is 27.3. The molecule has 4 aliphatic heterocycles. The van der Waals surface area contributed by atoms with Gasteiger partial charge in [-0.05, 0) is 65.7 Å². The van der Waals surface area contributed by atoms with Crippen molar-refractivity contribution in [1.29, 1.82) is 0 Å². The van der Waals surface area contributed by atoms with Gasteiger partial charge in [0.05, 0.1) is 25.3 Å². The molecule has 0 spiro atoms. The number of thiophene rings is 2. The van der Waals surface area contributed by atoms with Gasteiger partial charge in [0.2, 0.25) is 0 Å². The zero-order valence-electron chi connectivity index (χ0n) is 30.2. The van der Waals surface area contributed by atoms with Crippen LogP contribution in [-0.4, -0.2) is 110 Å². The minimum atomic E-state index is -4.84. The van der Waals surface area contributed by atoms with Gasteiger partial charge >= 0.3 is 0 Å². The number of hydrogen-bond acceptors (Lipinski definition) is 14. The maximum absolute atomic E-state index is 14.1.